The molecule has 1 aromatic carbocycles. The van der Waals surface area contributed by atoms with Crippen molar-refractivity contribution in [1.29, 1.82) is 0 Å². The summed E-state index contributed by atoms with van der Waals surface area (Å²) in [5, 5.41) is 8.69. The van der Waals surface area contributed by atoms with Gasteiger partial charge >= 0.3 is 0 Å². The molecular weight excluding hydrogens is 320 g/mol. The Hall–Kier alpha value is -2.28. The average Bonchev–Trinajstić information content (AvgIpc) is 3.24. The van der Waals surface area contributed by atoms with E-state index in [-0.39, 0.29) is 6.79 Å². The first-order valence-electron chi connectivity index (χ1n) is 8.87. The van der Waals surface area contributed by atoms with E-state index >= 15 is 0 Å². The van der Waals surface area contributed by atoms with Crippen molar-refractivity contribution in [2.75, 3.05) is 26.5 Å². The van der Waals surface area contributed by atoms with Gasteiger partial charge in [0.15, 0.2) is 11.5 Å². The summed E-state index contributed by atoms with van der Waals surface area (Å²) in [6.07, 6.45) is 0.972. The molecule has 0 amide bonds. The summed E-state index contributed by atoms with van der Waals surface area (Å²) >= 11 is 0. The molecule has 0 atom stereocenters. The second kappa shape index (κ2) is 6.92. The molecule has 0 unspecified atom stereocenters. The first-order valence-corrected chi connectivity index (χ1v) is 8.87. The molecule has 0 N–H and O–H groups in total. The molecule has 2 aromatic rings. The third-order valence-electron chi connectivity index (χ3n) is 4.61. The van der Waals surface area contributed by atoms with E-state index in [0.717, 1.165) is 61.5 Å². The Morgan fingerprint density at radius 1 is 1.16 bits per heavy atom. The molecule has 0 saturated heterocycles. The van der Waals surface area contributed by atoms with E-state index in [2.05, 4.69) is 33.5 Å². The van der Waals surface area contributed by atoms with Gasteiger partial charge in [-0.05, 0) is 18.6 Å². The molecule has 3 heterocycles. The van der Waals surface area contributed by atoms with E-state index in [1.807, 2.05) is 18.2 Å². The van der Waals surface area contributed by atoms with Crippen molar-refractivity contribution >= 4 is 0 Å². The van der Waals surface area contributed by atoms with Gasteiger partial charge in [-0.2, -0.15) is 0 Å². The fourth-order valence-electron chi connectivity index (χ4n) is 3.29. The van der Waals surface area contributed by atoms with Gasteiger partial charge < -0.3 is 18.8 Å². The molecule has 0 bridgehead atoms. The fraction of sp³-hybridized carbons (Fsp3) is 0.556. The highest BCUT2D eigenvalue weighted by Gasteiger charge is 2.22. The highest BCUT2D eigenvalue weighted by Crippen LogP contribution is 2.35. The molecule has 0 radical (unpaired) electrons. The molecular formula is C18H24N4O3. The second-order valence-electron chi connectivity index (χ2n) is 6.77. The maximum Gasteiger partial charge on any atom is 0.231 e. The summed E-state index contributed by atoms with van der Waals surface area (Å²) in [5.74, 6) is 4.96. The number of ether oxygens (including phenoxy) is 3. The number of fused-ring (bicyclic) bond motifs is 2. The molecule has 0 aliphatic carbocycles. The monoisotopic (exact) mass is 344 g/mol. The zero-order valence-electron chi connectivity index (χ0n) is 14.8. The van der Waals surface area contributed by atoms with Crippen LogP contribution >= 0.6 is 0 Å². The first kappa shape index (κ1) is 16.2. The van der Waals surface area contributed by atoms with E-state index < -0.39 is 0 Å². The SMILES string of the molecule is CC(C)c1nnc2n1CCN(CCCOc1ccc3c(c1)OCO3)C2. The predicted molar refractivity (Wildman–Crippen MR) is 92.1 cm³/mol. The van der Waals surface area contributed by atoms with Crippen LogP contribution in [0.15, 0.2) is 18.2 Å². The first-order chi connectivity index (χ1) is 12.2. The normalized spacial score (nSPS) is 16.3. The smallest absolute Gasteiger partial charge is 0.231 e. The fourth-order valence-corrected chi connectivity index (χ4v) is 3.29. The lowest BCUT2D eigenvalue weighted by Crippen LogP contribution is -2.35. The minimum Gasteiger partial charge on any atom is -0.493 e. The van der Waals surface area contributed by atoms with E-state index in [1.54, 1.807) is 0 Å². The average molecular weight is 344 g/mol. The molecule has 7 heteroatoms. The molecule has 25 heavy (non-hydrogen) atoms. The lowest BCUT2D eigenvalue weighted by molar-refractivity contribution is 0.173. The lowest BCUT2D eigenvalue weighted by atomic mass is 10.2. The summed E-state index contributed by atoms with van der Waals surface area (Å²) in [4.78, 5) is 2.41. The van der Waals surface area contributed by atoms with Crippen molar-refractivity contribution in [2.24, 2.45) is 0 Å². The van der Waals surface area contributed by atoms with Crippen LogP contribution in [0, 0.1) is 0 Å². The van der Waals surface area contributed by atoms with Crippen LogP contribution in [0.5, 0.6) is 17.2 Å². The van der Waals surface area contributed by atoms with E-state index in [1.165, 1.54) is 0 Å². The molecule has 1 aromatic heterocycles. The van der Waals surface area contributed by atoms with Gasteiger partial charge in [0.25, 0.3) is 0 Å². The third-order valence-corrected chi connectivity index (χ3v) is 4.61. The Balaban J connectivity index is 1.24. The van der Waals surface area contributed by atoms with E-state index in [0.29, 0.717) is 12.5 Å². The largest absolute Gasteiger partial charge is 0.493 e. The highest BCUT2D eigenvalue weighted by molar-refractivity contribution is 5.46. The molecule has 4 rings (SSSR count). The van der Waals surface area contributed by atoms with Crippen LogP contribution in [0.3, 0.4) is 0 Å². The van der Waals surface area contributed by atoms with E-state index in [4.69, 9.17) is 14.2 Å². The van der Waals surface area contributed by atoms with Crippen LogP contribution in [0.1, 0.15) is 37.8 Å². The van der Waals surface area contributed by atoms with Gasteiger partial charge in [0.2, 0.25) is 6.79 Å². The zero-order chi connectivity index (χ0) is 17.2. The summed E-state index contributed by atoms with van der Waals surface area (Å²) in [7, 11) is 0. The Morgan fingerprint density at radius 3 is 2.92 bits per heavy atom. The van der Waals surface area contributed by atoms with Gasteiger partial charge in [-0.1, -0.05) is 13.8 Å². The molecule has 0 spiro atoms. The van der Waals surface area contributed by atoms with Crippen LogP contribution in [0.2, 0.25) is 0 Å². The Labute approximate surface area is 147 Å². The molecule has 0 saturated carbocycles. The van der Waals surface area contributed by atoms with Gasteiger partial charge in [0.05, 0.1) is 13.2 Å². The number of benzene rings is 1. The van der Waals surface area contributed by atoms with Crippen LogP contribution < -0.4 is 14.2 Å². The van der Waals surface area contributed by atoms with Gasteiger partial charge in [-0.15, -0.1) is 10.2 Å². The number of aromatic nitrogens is 3. The summed E-state index contributed by atoms with van der Waals surface area (Å²) in [6.45, 7) is 9.16. The van der Waals surface area contributed by atoms with Gasteiger partial charge in [0.1, 0.15) is 17.4 Å². The maximum atomic E-state index is 5.83. The van der Waals surface area contributed by atoms with E-state index in [9.17, 15) is 0 Å². The summed E-state index contributed by atoms with van der Waals surface area (Å²) in [6, 6.07) is 5.70. The zero-order valence-corrected chi connectivity index (χ0v) is 14.8. The van der Waals surface area contributed by atoms with Crippen LogP contribution in [0.4, 0.5) is 0 Å². The topological polar surface area (TPSA) is 61.6 Å². The standard InChI is InChI=1S/C18H24N4O3/c1-13(2)18-20-19-17-11-21(7-8-22(17)18)6-3-9-23-14-4-5-15-16(10-14)25-12-24-15/h4-5,10,13H,3,6-9,11-12H2,1-2H3. The molecule has 7 nitrogen and oxygen atoms in total. The Bertz CT molecular complexity index is 744. The summed E-state index contributed by atoms with van der Waals surface area (Å²) in [5.41, 5.74) is 0. The minimum atomic E-state index is 0.289. The number of nitrogens with zero attached hydrogens (tertiary/aromatic N) is 4. The maximum absolute atomic E-state index is 5.83. The Morgan fingerprint density at radius 2 is 2.04 bits per heavy atom. The highest BCUT2D eigenvalue weighted by atomic mass is 16.7. The molecule has 2 aliphatic rings. The van der Waals surface area contributed by atoms with Crippen LogP contribution in [0.25, 0.3) is 0 Å². The van der Waals surface area contributed by atoms with Crippen LogP contribution in [-0.4, -0.2) is 46.2 Å². The number of rotatable bonds is 6. The van der Waals surface area contributed by atoms with Gasteiger partial charge in [0, 0.05) is 31.6 Å². The van der Waals surface area contributed by atoms with Crippen molar-refractivity contribution in [1.82, 2.24) is 19.7 Å². The van der Waals surface area contributed by atoms with Gasteiger partial charge in [-0.3, -0.25) is 4.90 Å². The molecule has 0 fully saturated rings. The molecule has 134 valence electrons. The quantitative estimate of drug-likeness (QED) is 0.750. The van der Waals surface area contributed by atoms with Crippen molar-refractivity contribution in [2.45, 2.75) is 39.3 Å². The number of hydrogen-bond donors (Lipinski definition) is 0. The summed E-state index contributed by atoms with van der Waals surface area (Å²) < 4.78 is 18.8. The molecule has 2 aliphatic heterocycles. The van der Waals surface area contributed by atoms with Crippen molar-refractivity contribution in [3.05, 3.63) is 29.8 Å². The second-order valence-corrected chi connectivity index (χ2v) is 6.77. The predicted octanol–water partition coefficient (Wildman–Crippen LogP) is 2.41. The van der Waals surface area contributed by atoms with Crippen molar-refractivity contribution < 1.29 is 14.2 Å². The Kier molecular flexibility index (Phi) is 4.48. The van der Waals surface area contributed by atoms with Crippen molar-refractivity contribution in [3.8, 4) is 17.2 Å². The van der Waals surface area contributed by atoms with Crippen molar-refractivity contribution in [3.63, 3.8) is 0 Å². The lowest BCUT2D eigenvalue weighted by Gasteiger charge is -2.28. The third kappa shape index (κ3) is 3.42. The van der Waals surface area contributed by atoms with Gasteiger partial charge in [-0.25, -0.2) is 0 Å². The van der Waals surface area contributed by atoms with Crippen LogP contribution in [-0.2, 0) is 13.1 Å². The number of hydrogen-bond acceptors (Lipinski definition) is 6. The minimum absolute atomic E-state index is 0.289.